The summed E-state index contributed by atoms with van der Waals surface area (Å²) in [4.78, 5) is 17.1. The number of hydrogen-bond acceptors (Lipinski definition) is 5. The number of nitrogens with one attached hydrogen (secondary N) is 1. The van der Waals surface area contributed by atoms with E-state index in [4.69, 9.17) is 9.26 Å². The molecular weight excluding hydrogens is 390 g/mol. The van der Waals surface area contributed by atoms with Crippen molar-refractivity contribution in [2.24, 2.45) is 0 Å². The van der Waals surface area contributed by atoms with E-state index in [1.165, 1.54) is 0 Å². The fourth-order valence-corrected chi connectivity index (χ4v) is 3.23. The highest BCUT2D eigenvalue weighted by Gasteiger charge is 2.22. The lowest BCUT2D eigenvalue weighted by molar-refractivity contribution is -0.124. The summed E-state index contributed by atoms with van der Waals surface area (Å²) in [6, 6.07) is 26.5. The highest BCUT2D eigenvalue weighted by atomic mass is 16.5. The molecule has 0 spiro atoms. The molecule has 6 nitrogen and oxygen atoms in total. The lowest BCUT2D eigenvalue weighted by Crippen LogP contribution is -2.34. The summed E-state index contributed by atoms with van der Waals surface area (Å²) in [6.07, 6.45) is 0.521. The van der Waals surface area contributed by atoms with Crippen molar-refractivity contribution < 1.29 is 14.1 Å². The van der Waals surface area contributed by atoms with Crippen LogP contribution in [0.4, 0.5) is 0 Å². The molecule has 0 aliphatic heterocycles. The number of ether oxygens (including phenoxy) is 1. The topological polar surface area (TPSA) is 77.2 Å². The maximum atomic E-state index is 12.6. The van der Waals surface area contributed by atoms with E-state index in [0.29, 0.717) is 23.9 Å². The molecule has 4 aromatic rings. The fraction of sp³-hybridized carbons (Fsp3) is 0.160. The first kappa shape index (κ1) is 20.3. The van der Waals surface area contributed by atoms with Gasteiger partial charge in [-0.3, -0.25) is 4.79 Å². The van der Waals surface area contributed by atoms with E-state index in [0.717, 1.165) is 16.7 Å². The van der Waals surface area contributed by atoms with Crippen LogP contribution in [-0.4, -0.2) is 22.7 Å². The van der Waals surface area contributed by atoms with Crippen molar-refractivity contribution in [3.05, 3.63) is 102 Å². The molecule has 0 bridgehead atoms. The fourth-order valence-electron chi connectivity index (χ4n) is 3.23. The van der Waals surface area contributed by atoms with Crippen molar-refractivity contribution in [1.82, 2.24) is 15.5 Å². The number of carbonyl (C=O) groups excluding carboxylic acids is 1. The molecule has 31 heavy (non-hydrogen) atoms. The van der Waals surface area contributed by atoms with Crippen LogP contribution in [0.3, 0.4) is 0 Å². The molecule has 0 radical (unpaired) electrons. The van der Waals surface area contributed by atoms with Crippen LogP contribution in [0.2, 0.25) is 0 Å². The van der Waals surface area contributed by atoms with Crippen molar-refractivity contribution in [3.63, 3.8) is 0 Å². The minimum Gasteiger partial charge on any atom is -0.484 e. The second kappa shape index (κ2) is 9.71. The van der Waals surface area contributed by atoms with Gasteiger partial charge in [0, 0.05) is 12.0 Å². The number of amides is 1. The molecule has 1 aromatic heterocycles. The first-order chi connectivity index (χ1) is 15.2. The maximum absolute atomic E-state index is 12.6. The number of nitrogens with zero attached hydrogens (tertiary/aromatic N) is 2. The van der Waals surface area contributed by atoms with Crippen molar-refractivity contribution in [2.45, 2.75) is 19.4 Å². The number of carbonyl (C=O) groups is 1. The molecule has 156 valence electrons. The smallest absolute Gasteiger partial charge is 0.258 e. The molecule has 3 aromatic carbocycles. The van der Waals surface area contributed by atoms with Crippen LogP contribution >= 0.6 is 0 Å². The molecule has 0 saturated carbocycles. The Morgan fingerprint density at radius 3 is 2.48 bits per heavy atom. The van der Waals surface area contributed by atoms with E-state index in [2.05, 4.69) is 15.5 Å². The van der Waals surface area contributed by atoms with Crippen molar-refractivity contribution in [2.75, 3.05) is 6.61 Å². The van der Waals surface area contributed by atoms with Gasteiger partial charge in [0.1, 0.15) is 11.8 Å². The lowest BCUT2D eigenvalue weighted by Gasteiger charge is -2.15. The summed E-state index contributed by atoms with van der Waals surface area (Å²) in [5.41, 5.74) is 3.02. The molecule has 0 saturated heterocycles. The van der Waals surface area contributed by atoms with Crippen LogP contribution < -0.4 is 10.1 Å². The predicted octanol–water partition coefficient (Wildman–Crippen LogP) is 4.52. The number of aromatic nitrogens is 2. The van der Waals surface area contributed by atoms with Crippen molar-refractivity contribution in [3.8, 4) is 17.1 Å². The zero-order chi connectivity index (χ0) is 21.5. The summed E-state index contributed by atoms with van der Waals surface area (Å²) < 4.78 is 11.1. The quantitative estimate of drug-likeness (QED) is 0.459. The molecular formula is C25H23N3O3. The third-order valence-corrected chi connectivity index (χ3v) is 4.75. The predicted molar refractivity (Wildman–Crippen MR) is 117 cm³/mol. The average Bonchev–Trinajstić information content (AvgIpc) is 3.29. The Labute approximate surface area is 180 Å². The summed E-state index contributed by atoms with van der Waals surface area (Å²) >= 11 is 0. The number of benzene rings is 3. The molecule has 6 heteroatoms. The van der Waals surface area contributed by atoms with Gasteiger partial charge in [-0.1, -0.05) is 77.5 Å². The van der Waals surface area contributed by atoms with Gasteiger partial charge in [-0.05, 0) is 30.7 Å². The monoisotopic (exact) mass is 413 g/mol. The zero-order valence-electron chi connectivity index (χ0n) is 17.2. The lowest BCUT2D eigenvalue weighted by atomic mass is 10.1. The van der Waals surface area contributed by atoms with Gasteiger partial charge in [-0.2, -0.15) is 4.98 Å². The van der Waals surface area contributed by atoms with E-state index in [-0.39, 0.29) is 12.5 Å². The van der Waals surface area contributed by atoms with Gasteiger partial charge < -0.3 is 14.6 Å². The summed E-state index contributed by atoms with van der Waals surface area (Å²) in [5.74, 6) is 1.22. The minimum absolute atomic E-state index is 0.103. The Hall–Kier alpha value is -3.93. The van der Waals surface area contributed by atoms with Gasteiger partial charge in [0.25, 0.3) is 5.91 Å². The van der Waals surface area contributed by atoms with Gasteiger partial charge in [-0.15, -0.1) is 0 Å². The first-order valence-corrected chi connectivity index (χ1v) is 10.1. The van der Waals surface area contributed by atoms with Gasteiger partial charge in [0.2, 0.25) is 11.7 Å². The second-order valence-corrected chi connectivity index (χ2v) is 7.24. The average molecular weight is 413 g/mol. The van der Waals surface area contributed by atoms with E-state index < -0.39 is 6.04 Å². The van der Waals surface area contributed by atoms with Crippen LogP contribution in [0.1, 0.15) is 23.1 Å². The molecule has 1 amide bonds. The van der Waals surface area contributed by atoms with Gasteiger partial charge in [0.15, 0.2) is 6.61 Å². The number of hydrogen-bond donors (Lipinski definition) is 1. The highest BCUT2D eigenvalue weighted by Crippen LogP contribution is 2.22. The Morgan fingerprint density at radius 2 is 1.74 bits per heavy atom. The summed E-state index contributed by atoms with van der Waals surface area (Å²) in [6.45, 7) is 1.91. The van der Waals surface area contributed by atoms with Crippen LogP contribution in [0.25, 0.3) is 11.4 Å². The molecule has 1 N–H and O–H groups in total. The molecule has 1 atom stereocenters. The largest absolute Gasteiger partial charge is 0.484 e. The van der Waals surface area contributed by atoms with Crippen LogP contribution in [0.5, 0.6) is 5.75 Å². The maximum Gasteiger partial charge on any atom is 0.258 e. The van der Waals surface area contributed by atoms with Gasteiger partial charge in [-0.25, -0.2) is 0 Å². The zero-order valence-corrected chi connectivity index (χ0v) is 17.2. The van der Waals surface area contributed by atoms with E-state index in [1.54, 1.807) is 12.1 Å². The van der Waals surface area contributed by atoms with Crippen molar-refractivity contribution in [1.29, 1.82) is 0 Å². The highest BCUT2D eigenvalue weighted by molar-refractivity contribution is 5.78. The Bertz CT molecular complexity index is 1130. The summed E-state index contributed by atoms with van der Waals surface area (Å²) in [7, 11) is 0. The van der Waals surface area contributed by atoms with Gasteiger partial charge in [0.05, 0.1) is 0 Å². The number of rotatable bonds is 8. The third-order valence-electron chi connectivity index (χ3n) is 4.75. The van der Waals surface area contributed by atoms with Crippen LogP contribution in [0, 0.1) is 6.92 Å². The minimum atomic E-state index is -0.472. The molecule has 0 aliphatic carbocycles. The van der Waals surface area contributed by atoms with Crippen molar-refractivity contribution >= 4 is 5.91 Å². The second-order valence-electron chi connectivity index (χ2n) is 7.24. The normalized spacial score (nSPS) is 11.6. The SMILES string of the molecule is Cc1cccc(-c2noc(C(Cc3ccccc3)NC(=O)COc3ccccc3)n2)c1. The van der Waals surface area contributed by atoms with Crippen LogP contribution in [0.15, 0.2) is 89.5 Å². The Kier molecular flexibility index (Phi) is 6.38. The third kappa shape index (κ3) is 5.57. The summed E-state index contributed by atoms with van der Waals surface area (Å²) in [5, 5.41) is 7.09. The van der Waals surface area contributed by atoms with Crippen LogP contribution in [-0.2, 0) is 11.2 Å². The number of para-hydroxylation sites is 1. The molecule has 1 unspecified atom stereocenters. The molecule has 0 fully saturated rings. The molecule has 0 aliphatic rings. The molecule has 4 rings (SSSR count). The first-order valence-electron chi connectivity index (χ1n) is 10.1. The van der Waals surface area contributed by atoms with E-state index >= 15 is 0 Å². The van der Waals surface area contributed by atoms with E-state index in [1.807, 2.05) is 79.7 Å². The standard InChI is InChI=1S/C25H23N3O3/c1-18-9-8-12-20(15-18)24-27-25(31-28-24)22(16-19-10-4-2-5-11-19)26-23(29)17-30-21-13-6-3-7-14-21/h2-15,22H,16-17H2,1H3,(H,26,29). The van der Waals surface area contributed by atoms with Gasteiger partial charge >= 0.3 is 0 Å². The van der Waals surface area contributed by atoms with E-state index in [9.17, 15) is 4.79 Å². The Balaban J connectivity index is 1.51. The Morgan fingerprint density at radius 1 is 1.00 bits per heavy atom. The number of aryl methyl sites for hydroxylation is 1. The molecule has 1 heterocycles.